The average molecular weight is 366 g/mol. The summed E-state index contributed by atoms with van der Waals surface area (Å²) in [4.78, 5) is 0. The zero-order valence-corrected chi connectivity index (χ0v) is 16.2. The number of rotatable bonds is 6. The van der Waals surface area contributed by atoms with Crippen LogP contribution < -0.4 is 10.6 Å². The molecule has 1 unspecified atom stereocenters. The molecule has 0 spiro atoms. The minimum Gasteiger partial charge on any atom is -0.0622 e. The van der Waals surface area contributed by atoms with Crippen LogP contribution in [0.4, 0.5) is 0 Å². The molecule has 4 rings (SSSR count). The van der Waals surface area contributed by atoms with Gasteiger partial charge < -0.3 is 0 Å². The first kappa shape index (κ1) is 17.7. The lowest BCUT2D eigenvalue weighted by Crippen LogP contribution is -2.18. The maximum Gasteiger partial charge on any atom is 0.0162 e. The zero-order valence-electron chi connectivity index (χ0n) is 15.3. The summed E-state index contributed by atoms with van der Waals surface area (Å²) in [5.41, 5.74) is 3.25. The summed E-state index contributed by atoms with van der Waals surface area (Å²) in [5, 5.41) is 2.87. The topological polar surface area (TPSA) is 0 Å². The summed E-state index contributed by atoms with van der Waals surface area (Å²) in [6, 6.07) is 43.9. The van der Waals surface area contributed by atoms with Gasteiger partial charge in [0.2, 0.25) is 0 Å². The molecule has 4 aromatic rings. The molecule has 0 aliphatic rings. The Morgan fingerprint density at radius 3 is 1.37 bits per heavy atom. The molecule has 0 saturated heterocycles. The molecule has 0 fully saturated rings. The smallest absolute Gasteiger partial charge is 0.0162 e. The Morgan fingerprint density at radius 1 is 0.481 bits per heavy atom. The lowest BCUT2D eigenvalue weighted by molar-refractivity contribution is 0.924. The lowest BCUT2D eigenvalue weighted by Gasteiger charge is -2.29. The van der Waals surface area contributed by atoms with E-state index < -0.39 is 7.92 Å². The second kappa shape index (κ2) is 8.80. The molecule has 0 amide bonds. The van der Waals surface area contributed by atoms with Crippen LogP contribution in [0.3, 0.4) is 0 Å². The summed E-state index contributed by atoms with van der Waals surface area (Å²) in [6.07, 6.45) is 1.04. The van der Waals surface area contributed by atoms with Gasteiger partial charge in [-0.25, -0.2) is 0 Å². The molecule has 0 saturated carbocycles. The highest BCUT2D eigenvalue weighted by molar-refractivity contribution is 7.73. The largest absolute Gasteiger partial charge is 0.0622 e. The highest BCUT2D eigenvalue weighted by atomic mass is 31.1. The van der Waals surface area contributed by atoms with Crippen LogP contribution in [0.1, 0.15) is 16.8 Å². The van der Waals surface area contributed by atoms with E-state index in [4.69, 9.17) is 0 Å². The van der Waals surface area contributed by atoms with Crippen molar-refractivity contribution in [2.24, 2.45) is 0 Å². The van der Waals surface area contributed by atoms with Crippen LogP contribution in [-0.4, -0.2) is 0 Å². The molecular weight excluding hydrogens is 343 g/mol. The molecule has 0 nitrogen and oxygen atoms in total. The van der Waals surface area contributed by atoms with Gasteiger partial charge in [0.1, 0.15) is 0 Å². The van der Waals surface area contributed by atoms with Crippen molar-refractivity contribution in [2.45, 2.75) is 12.1 Å². The van der Waals surface area contributed by atoms with Crippen molar-refractivity contribution in [1.29, 1.82) is 0 Å². The molecule has 27 heavy (non-hydrogen) atoms. The molecule has 132 valence electrons. The Balaban J connectivity index is 1.83. The van der Waals surface area contributed by atoms with Crippen LogP contribution in [0.15, 0.2) is 121 Å². The third-order valence-electron chi connectivity index (χ3n) is 4.84. The highest BCUT2D eigenvalue weighted by Gasteiger charge is 2.26. The van der Waals surface area contributed by atoms with Crippen LogP contribution >= 0.6 is 7.92 Å². The minimum absolute atomic E-state index is 0.438. The number of benzene rings is 4. The molecule has 0 bridgehead atoms. The monoisotopic (exact) mass is 366 g/mol. The molecular formula is C26H23P. The number of hydrogen-bond donors (Lipinski definition) is 0. The predicted molar refractivity (Wildman–Crippen MR) is 118 cm³/mol. The van der Waals surface area contributed by atoms with Gasteiger partial charge >= 0.3 is 0 Å². The summed E-state index contributed by atoms with van der Waals surface area (Å²) in [6.45, 7) is 0. The van der Waals surface area contributed by atoms with E-state index in [9.17, 15) is 0 Å². The van der Waals surface area contributed by atoms with Gasteiger partial charge in [-0.1, -0.05) is 121 Å². The van der Waals surface area contributed by atoms with E-state index >= 15 is 0 Å². The van der Waals surface area contributed by atoms with Crippen molar-refractivity contribution in [3.05, 3.63) is 132 Å². The van der Waals surface area contributed by atoms with Crippen LogP contribution in [0.2, 0.25) is 0 Å². The first-order chi connectivity index (χ1) is 13.4. The Labute approximate surface area is 163 Å². The lowest BCUT2D eigenvalue weighted by atomic mass is 10.0. The molecule has 1 heteroatoms. The van der Waals surface area contributed by atoms with Crippen molar-refractivity contribution in [1.82, 2.24) is 0 Å². The Morgan fingerprint density at radius 2 is 0.889 bits per heavy atom. The van der Waals surface area contributed by atoms with Crippen molar-refractivity contribution in [2.75, 3.05) is 0 Å². The molecule has 0 aromatic heterocycles. The second-order valence-corrected chi connectivity index (χ2v) is 9.05. The van der Waals surface area contributed by atoms with Gasteiger partial charge in [-0.15, -0.1) is 0 Å². The van der Waals surface area contributed by atoms with Gasteiger partial charge in [-0.3, -0.25) is 0 Å². The summed E-state index contributed by atoms with van der Waals surface area (Å²) in [7, 11) is -0.514. The van der Waals surface area contributed by atoms with Gasteiger partial charge in [0.25, 0.3) is 0 Å². The first-order valence-electron chi connectivity index (χ1n) is 9.40. The van der Waals surface area contributed by atoms with Gasteiger partial charge in [-0.05, 0) is 36.1 Å². The molecule has 0 heterocycles. The maximum atomic E-state index is 2.29. The molecule has 1 atom stereocenters. The van der Waals surface area contributed by atoms with Crippen molar-refractivity contribution >= 4 is 18.5 Å². The second-order valence-electron chi connectivity index (χ2n) is 6.66. The molecule has 0 N–H and O–H groups in total. The van der Waals surface area contributed by atoms with Gasteiger partial charge in [0.05, 0.1) is 0 Å². The quantitative estimate of drug-likeness (QED) is 0.362. The van der Waals surface area contributed by atoms with Crippen LogP contribution in [0.5, 0.6) is 0 Å². The minimum atomic E-state index is -0.514. The zero-order chi connectivity index (χ0) is 18.3. The molecule has 4 aromatic carbocycles. The summed E-state index contributed by atoms with van der Waals surface area (Å²) in [5.74, 6) is 0. The Kier molecular flexibility index (Phi) is 5.77. The van der Waals surface area contributed by atoms with Gasteiger partial charge in [-0.2, -0.15) is 0 Å². The van der Waals surface area contributed by atoms with Crippen LogP contribution in [-0.2, 0) is 6.42 Å². The van der Waals surface area contributed by atoms with E-state index in [2.05, 4.69) is 121 Å². The van der Waals surface area contributed by atoms with E-state index in [0.717, 1.165) is 6.42 Å². The fraction of sp³-hybridized carbons (Fsp3) is 0.0769. The van der Waals surface area contributed by atoms with E-state index in [1.807, 2.05) is 0 Å². The van der Waals surface area contributed by atoms with E-state index in [0.29, 0.717) is 5.66 Å². The highest BCUT2D eigenvalue weighted by Crippen LogP contribution is 2.51. The van der Waals surface area contributed by atoms with E-state index in [1.165, 1.54) is 21.7 Å². The summed E-state index contributed by atoms with van der Waals surface area (Å²) >= 11 is 0. The van der Waals surface area contributed by atoms with Crippen molar-refractivity contribution < 1.29 is 0 Å². The predicted octanol–water partition coefficient (Wildman–Crippen LogP) is 6.10. The summed E-state index contributed by atoms with van der Waals surface area (Å²) < 4.78 is 0. The standard InChI is InChI=1S/C26H23P/c1-5-13-22(14-6-1)21-26(23-15-7-2-8-16-23)27(24-17-9-3-10-18-24)25-19-11-4-12-20-25/h1-20,26H,21H2. The van der Waals surface area contributed by atoms with Gasteiger partial charge in [0, 0.05) is 5.66 Å². The van der Waals surface area contributed by atoms with Crippen molar-refractivity contribution in [3.63, 3.8) is 0 Å². The molecule has 0 aliphatic heterocycles. The van der Waals surface area contributed by atoms with E-state index in [-0.39, 0.29) is 0 Å². The molecule has 0 radical (unpaired) electrons. The fourth-order valence-corrected chi connectivity index (χ4v) is 6.43. The third kappa shape index (κ3) is 4.35. The van der Waals surface area contributed by atoms with Crippen LogP contribution in [0, 0.1) is 0 Å². The van der Waals surface area contributed by atoms with Gasteiger partial charge in [0.15, 0.2) is 0 Å². The third-order valence-corrected chi connectivity index (χ3v) is 7.65. The maximum absolute atomic E-state index is 2.29. The Bertz CT molecular complexity index is 895. The molecule has 0 aliphatic carbocycles. The van der Waals surface area contributed by atoms with Crippen LogP contribution in [0.25, 0.3) is 0 Å². The van der Waals surface area contributed by atoms with Crippen molar-refractivity contribution in [3.8, 4) is 0 Å². The van der Waals surface area contributed by atoms with E-state index in [1.54, 1.807) is 0 Å². The average Bonchev–Trinajstić information content (AvgIpc) is 2.76. The fourth-order valence-electron chi connectivity index (χ4n) is 3.56. The SMILES string of the molecule is c1ccc(CC(c2ccccc2)P(c2ccccc2)c2ccccc2)cc1. The number of hydrogen-bond acceptors (Lipinski definition) is 0. The normalized spacial score (nSPS) is 12.0. The first-order valence-corrected chi connectivity index (χ1v) is 10.8. The Hall–Kier alpha value is -2.69.